The second-order valence-corrected chi connectivity index (χ2v) is 2.04. The Balaban J connectivity index is 0.000000250. The van der Waals surface area contributed by atoms with Gasteiger partial charge in [-0.1, -0.05) is 6.08 Å². The van der Waals surface area contributed by atoms with Crippen LogP contribution in [0.5, 0.6) is 0 Å². The van der Waals surface area contributed by atoms with Gasteiger partial charge in [0, 0.05) is 5.75 Å². The predicted octanol–water partition coefficient (Wildman–Crippen LogP) is 0.812. The number of thioether (sulfide) groups is 1. The lowest BCUT2D eigenvalue weighted by Gasteiger charge is -1.69. The molecule has 0 aromatic rings. The maximum atomic E-state index is 2.20. The maximum absolute atomic E-state index is 2.20. The molecule has 0 fully saturated rings. The quantitative estimate of drug-likeness (QED) is 0.447. The highest BCUT2D eigenvalue weighted by Gasteiger charge is 1.85. The second kappa shape index (κ2) is 3.25. The van der Waals surface area contributed by atoms with E-state index in [1.165, 1.54) is 12.2 Å². The molecule has 1 aliphatic rings. The fraction of sp³-hybridized carbons (Fsp3) is 0.500. The molecule has 0 radical (unpaired) electrons. The summed E-state index contributed by atoms with van der Waals surface area (Å²) >= 11 is 1.89. The highest BCUT2D eigenvalue weighted by Crippen LogP contribution is 2.11. The van der Waals surface area contributed by atoms with Crippen molar-refractivity contribution in [3.8, 4) is 0 Å². The number of rotatable bonds is 0. The number of allylic oxidation sites excluding steroid dienone is 1. The fourth-order valence-electron chi connectivity index (χ4n) is 0.340. The van der Waals surface area contributed by atoms with Gasteiger partial charge in [0.05, 0.1) is 0 Å². The van der Waals surface area contributed by atoms with E-state index in [2.05, 4.69) is 11.5 Å². The Labute approximate surface area is 41.7 Å². The second-order valence-electron chi connectivity index (χ2n) is 1.03. The van der Waals surface area contributed by atoms with Gasteiger partial charge >= 0.3 is 0 Å². The van der Waals surface area contributed by atoms with Crippen molar-refractivity contribution in [3.63, 3.8) is 0 Å². The Kier molecular flexibility index (Phi) is 3.28. The summed E-state index contributed by atoms with van der Waals surface area (Å²) in [6, 6.07) is 0. The van der Waals surface area contributed by atoms with Crippen molar-refractivity contribution < 1.29 is 5.48 Å². The molecular weight excluding hydrogens is 96.1 g/mol. The molecule has 6 heavy (non-hydrogen) atoms. The van der Waals surface area contributed by atoms with Crippen LogP contribution < -0.4 is 0 Å². The molecule has 0 aromatic carbocycles. The zero-order valence-electron chi connectivity index (χ0n) is 3.48. The predicted molar refractivity (Wildman–Crippen MR) is 29.8 cm³/mol. The molecule has 1 heterocycles. The molecule has 2 heteroatoms. The van der Waals surface area contributed by atoms with Gasteiger partial charge < -0.3 is 5.48 Å². The van der Waals surface area contributed by atoms with Crippen molar-refractivity contribution in [2.45, 2.75) is 6.42 Å². The molecule has 0 saturated carbocycles. The van der Waals surface area contributed by atoms with Gasteiger partial charge in [0.15, 0.2) is 0 Å². The molecule has 0 saturated heterocycles. The monoisotopic (exact) mass is 104 g/mol. The highest BCUT2D eigenvalue weighted by atomic mass is 32.2. The van der Waals surface area contributed by atoms with Gasteiger partial charge in [-0.2, -0.15) is 0 Å². The van der Waals surface area contributed by atoms with E-state index in [4.69, 9.17) is 0 Å². The Morgan fingerprint density at radius 3 is 2.50 bits per heavy atom. The van der Waals surface area contributed by atoms with Gasteiger partial charge in [0.2, 0.25) is 0 Å². The van der Waals surface area contributed by atoms with Crippen molar-refractivity contribution in [2.24, 2.45) is 0 Å². The summed E-state index contributed by atoms with van der Waals surface area (Å²) in [4.78, 5) is 0. The zero-order valence-corrected chi connectivity index (χ0v) is 4.29. The molecule has 0 spiro atoms. The van der Waals surface area contributed by atoms with E-state index in [0.29, 0.717) is 0 Å². The van der Waals surface area contributed by atoms with E-state index in [1.807, 2.05) is 11.8 Å². The summed E-state index contributed by atoms with van der Waals surface area (Å²) in [5, 5.41) is 2.15. The molecule has 1 rings (SSSR count). The van der Waals surface area contributed by atoms with E-state index in [9.17, 15) is 0 Å². The molecular formula is C4H8OS. The van der Waals surface area contributed by atoms with Crippen molar-refractivity contribution in [2.75, 3.05) is 5.75 Å². The highest BCUT2D eigenvalue weighted by molar-refractivity contribution is 8.02. The van der Waals surface area contributed by atoms with E-state index in [-0.39, 0.29) is 5.48 Å². The van der Waals surface area contributed by atoms with Crippen molar-refractivity contribution in [1.29, 1.82) is 0 Å². The summed E-state index contributed by atoms with van der Waals surface area (Å²) < 4.78 is 0. The largest absolute Gasteiger partial charge is 0.412 e. The van der Waals surface area contributed by atoms with Crippen LogP contribution in [0.3, 0.4) is 0 Å². The minimum absolute atomic E-state index is 0. The SMILES string of the molecule is C1=CSCC1.O. The summed E-state index contributed by atoms with van der Waals surface area (Å²) in [7, 11) is 0. The van der Waals surface area contributed by atoms with Crippen molar-refractivity contribution in [3.05, 3.63) is 11.5 Å². The summed E-state index contributed by atoms with van der Waals surface area (Å²) in [6.07, 6.45) is 3.48. The number of hydrogen-bond donors (Lipinski definition) is 0. The molecule has 0 aromatic heterocycles. The van der Waals surface area contributed by atoms with Gasteiger partial charge in [0.25, 0.3) is 0 Å². The summed E-state index contributed by atoms with van der Waals surface area (Å²) in [5.41, 5.74) is 0. The third kappa shape index (κ3) is 1.48. The average Bonchev–Trinajstić information content (AvgIpc) is 1.76. The first-order valence-electron chi connectivity index (χ1n) is 1.77. The lowest BCUT2D eigenvalue weighted by atomic mass is 10.5. The van der Waals surface area contributed by atoms with Crippen LogP contribution in [-0.4, -0.2) is 11.2 Å². The van der Waals surface area contributed by atoms with Crippen molar-refractivity contribution >= 4 is 11.8 Å². The number of hydrogen-bond acceptors (Lipinski definition) is 1. The molecule has 0 unspecified atom stereocenters. The first kappa shape index (κ1) is 6.05. The molecule has 0 amide bonds. The van der Waals surface area contributed by atoms with E-state index >= 15 is 0 Å². The van der Waals surface area contributed by atoms with Crippen LogP contribution in [0.1, 0.15) is 6.42 Å². The first-order valence-corrected chi connectivity index (χ1v) is 2.81. The lowest BCUT2D eigenvalue weighted by molar-refractivity contribution is 0.824. The standard InChI is InChI=1S/C4H6S.H2O/c1-2-4-5-3-1;/h1,3H,2,4H2;1H2. The third-order valence-electron chi connectivity index (χ3n) is 0.595. The van der Waals surface area contributed by atoms with Crippen molar-refractivity contribution in [1.82, 2.24) is 0 Å². The smallest absolute Gasteiger partial charge is 0.000884 e. The normalized spacial score (nSPS) is 17.3. The molecule has 1 nitrogen and oxygen atoms in total. The van der Waals surface area contributed by atoms with Gasteiger partial charge in [-0.25, -0.2) is 0 Å². The van der Waals surface area contributed by atoms with Crippen LogP contribution in [0.15, 0.2) is 11.5 Å². The lowest BCUT2D eigenvalue weighted by Crippen LogP contribution is -1.56. The zero-order chi connectivity index (χ0) is 3.54. The first-order chi connectivity index (χ1) is 2.50. The Morgan fingerprint density at radius 2 is 2.33 bits per heavy atom. The van der Waals surface area contributed by atoms with Crippen LogP contribution in [-0.2, 0) is 0 Å². The van der Waals surface area contributed by atoms with E-state index in [1.54, 1.807) is 0 Å². The minimum Gasteiger partial charge on any atom is -0.412 e. The molecule has 2 N–H and O–H groups in total. The average molecular weight is 104 g/mol. The Hall–Kier alpha value is 0.0500. The van der Waals surface area contributed by atoms with E-state index < -0.39 is 0 Å². The molecule has 0 bridgehead atoms. The van der Waals surface area contributed by atoms with Gasteiger partial charge in [-0.3, -0.25) is 0 Å². The molecule has 1 aliphatic heterocycles. The summed E-state index contributed by atoms with van der Waals surface area (Å²) in [5.74, 6) is 1.31. The topological polar surface area (TPSA) is 31.5 Å². The fourth-order valence-corrected chi connectivity index (χ4v) is 1.02. The maximum Gasteiger partial charge on any atom is 0.000884 e. The van der Waals surface area contributed by atoms with Crippen LogP contribution >= 0.6 is 11.8 Å². The van der Waals surface area contributed by atoms with Crippen LogP contribution in [0, 0.1) is 0 Å². The van der Waals surface area contributed by atoms with E-state index in [0.717, 1.165) is 0 Å². The molecule has 0 aliphatic carbocycles. The molecule has 0 atom stereocenters. The Morgan fingerprint density at radius 1 is 1.50 bits per heavy atom. The summed E-state index contributed by atoms with van der Waals surface area (Å²) in [6.45, 7) is 0. The Bertz CT molecular complexity index is 45.5. The van der Waals surface area contributed by atoms with Gasteiger partial charge in [-0.15, -0.1) is 11.8 Å². The molecule has 36 valence electrons. The van der Waals surface area contributed by atoms with Crippen LogP contribution in [0.2, 0.25) is 0 Å². The minimum atomic E-state index is 0. The van der Waals surface area contributed by atoms with Crippen LogP contribution in [0.25, 0.3) is 0 Å². The van der Waals surface area contributed by atoms with Gasteiger partial charge in [-0.05, 0) is 11.8 Å². The van der Waals surface area contributed by atoms with Gasteiger partial charge in [0.1, 0.15) is 0 Å². The third-order valence-corrected chi connectivity index (χ3v) is 1.45. The van der Waals surface area contributed by atoms with Crippen LogP contribution in [0.4, 0.5) is 0 Å².